The van der Waals surface area contributed by atoms with Crippen molar-refractivity contribution in [3.63, 3.8) is 0 Å². The Kier molecular flexibility index (Phi) is 4.09. The molecule has 19 heavy (non-hydrogen) atoms. The van der Waals surface area contributed by atoms with Crippen molar-refractivity contribution in [1.29, 1.82) is 0 Å². The molecule has 0 saturated carbocycles. The predicted molar refractivity (Wildman–Crippen MR) is 65.7 cm³/mol. The van der Waals surface area contributed by atoms with Crippen LogP contribution in [0.5, 0.6) is 0 Å². The summed E-state index contributed by atoms with van der Waals surface area (Å²) in [7, 11) is 0. The predicted octanol–water partition coefficient (Wildman–Crippen LogP) is 2.64. The molecule has 104 valence electrons. The third-order valence-corrected chi connectivity index (χ3v) is 3.15. The van der Waals surface area contributed by atoms with Crippen LogP contribution in [0.2, 0.25) is 0 Å². The number of halogens is 3. The maximum atomic E-state index is 12.4. The molecule has 1 heterocycles. The highest BCUT2D eigenvalue weighted by molar-refractivity contribution is 5.92. The largest absolute Gasteiger partial charge is 0.416 e. The van der Waals surface area contributed by atoms with E-state index in [-0.39, 0.29) is 11.8 Å². The first-order chi connectivity index (χ1) is 8.97. The molecule has 1 aromatic carbocycles. The fourth-order valence-electron chi connectivity index (χ4n) is 2.06. The Morgan fingerprint density at radius 3 is 2.47 bits per heavy atom. The summed E-state index contributed by atoms with van der Waals surface area (Å²) in [6, 6.07) is 4.48. The lowest BCUT2D eigenvalue weighted by Crippen LogP contribution is -2.37. The summed E-state index contributed by atoms with van der Waals surface area (Å²) >= 11 is 0. The lowest BCUT2D eigenvalue weighted by molar-refractivity contribution is -0.137. The fraction of sp³-hybridized carbons (Fsp3) is 0.462. The van der Waals surface area contributed by atoms with Crippen LogP contribution in [-0.4, -0.2) is 19.0 Å². The van der Waals surface area contributed by atoms with Crippen molar-refractivity contribution in [3.05, 3.63) is 29.8 Å². The highest BCUT2D eigenvalue weighted by Crippen LogP contribution is 2.29. The zero-order chi connectivity index (χ0) is 13.9. The van der Waals surface area contributed by atoms with Gasteiger partial charge in [-0.25, -0.2) is 0 Å². The number of rotatable bonds is 2. The molecule has 1 saturated heterocycles. The number of alkyl halides is 3. The SMILES string of the molecule is O=C(Nc1ccc(C(F)(F)F)cc1)[C@@H]1CCCNC1. The summed E-state index contributed by atoms with van der Waals surface area (Å²) in [5.74, 6) is -0.261. The van der Waals surface area contributed by atoms with E-state index in [1.54, 1.807) is 0 Å². The third kappa shape index (κ3) is 3.70. The topological polar surface area (TPSA) is 41.1 Å². The first-order valence-electron chi connectivity index (χ1n) is 6.15. The second kappa shape index (κ2) is 5.61. The van der Waals surface area contributed by atoms with Crippen LogP contribution in [0.15, 0.2) is 24.3 Å². The summed E-state index contributed by atoms with van der Waals surface area (Å²) in [4.78, 5) is 11.9. The first kappa shape index (κ1) is 13.9. The summed E-state index contributed by atoms with van der Waals surface area (Å²) < 4.78 is 37.1. The van der Waals surface area contributed by atoms with Crippen molar-refractivity contribution < 1.29 is 18.0 Å². The van der Waals surface area contributed by atoms with Gasteiger partial charge in [-0.2, -0.15) is 13.2 Å². The normalized spacial score (nSPS) is 20.1. The van der Waals surface area contributed by atoms with Gasteiger partial charge < -0.3 is 10.6 Å². The van der Waals surface area contributed by atoms with Crippen LogP contribution in [0.1, 0.15) is 18.4 Å². The molecule has 0 aliphatic carbocycles. The van der Waals surface area contributed by atoms with Gasteiger partial charge in [0.25, 0.3) is 0 Å². The van der Waals surface area contributed by atoms with Gasteiger partial charge in [0.05, 0.1) is 11.5 Å². The molecule has 3 nitrogen and oxygen atoms in total. The van der Waals surface area contributed by atoms with E-state index in [4.69, 9.17) is 0 Å². The number of hydrogen-bond acceptors (Lipinski definition) is 2. The van der Waals surface area contributed by atoms with E-state index < -0.39 is 11.7 Å². The van der Waals surface area contributed by atoms with E-state index in [1.807, 2.05) is 0 Å². The van der Waals surface area contributed by atoms with Crippen molar-refractivity contribution in [2.75, 3.05) is 18.4 Å². The van der Waals surface area contributed by atoms with Crippen LogP contribution >= 0.6 is 0 Å². The van der Waals surface area contributed by atoms with E-state index in [0.29, 0.717) is 12.2 Å². The Labute approximate surface area is 109 Å². The van der Waals surface area contributed by atoms with E-state index in [2.05, 4.69) is 10.6 Å². The average Bonchev–Trinajstić information content (AvgIpc) is 2.39. The molecule has 0 spiro atoms. The molecule has 1 atom stereocenters. The average molecular weight is 272 g/mol. The van der Waals surface area contributed by atoms with Crippen molar-refractivity contribution in [1.82, 2.24) is 5.32 Å². The second-order valence-electron chi connectivity index (χ2n) is 4.61. The molecule has 0 radical (unpaired) electrons. The third-order valence-electron chi connectivity index (χ3n) is 3.15. The van der Waals surface area contributed by atoms with E-state index >= 15 is 0 Å². The molecule has 0 aromatic heterocycles. The number of piperidine rings is 1. The van der Waals surface area contributed by atoms with E-state index in [9.17, 15) is 18.0 Å². The van der Waals surface area contributed by atoms with Crippen LogP contribution in [-0.2, 0) is 11.0 Å². The molecule has 1 aliphatic rings. The van der Waals surface area contributed by atoms with Crippen LogP contribution < -0.4 is 10.6 Å². The molecule has 0 bridgehead atoms. The Hall–Kier alpha value is -1.56. The minimum Gasteiger partial charge on any atom is -0.326 e. The number of anilines is 1. The Balaban J connectivity index is 1.97. The minimum atomic E-state index is -4.35. The Bertz CT molecular complexity index is 436. The van der Waals surface area contributed by atoms with Gasteiger partial charge in [0.1, 0.15) is 0 Å². The monoisotopic (exact) mass is 272 g/mol. The molecule has 0 unspecified atom stereocenters. The van der Waals surface area contributed by atoms with Gasteiger partial charge in [0.2, 0.25) is 5.91 Å². The standard InChI is InChI=1S/C13H15F3N2O/c14-13(15,16)10-3-5-11(6-4-10)18-12(19)9-2-1-7-17-8-9/h3-6,9,17H,1-2,7-8H2,(H,18,19)/t9-/m1/s1. The summed E-state index contributed by atoms with van der Waals surface area (Å²) in [5, 5.41) is 5.76. The number of carbonyl (C=O) groups excluding carboxylic acids is 1. The van der Waals surface area contributed by atoms with Crippen molar-refractivity contribution >= 4 is 11.6 Å². The Morgan fingerprint density at radius 2 is 1.95 bits per heavy atom. The minimum absolute atomic E-state index is 0.115. The highest BCUT2D eigenvalue weighted by Gasteiger charge is 2.30. The van der Waals surface area contributed by atoms with Gasteiger partial charge in [-0.05, 0) is 43.7 Å². The molecule has 6 heteroatoms. The zero-order valence-electron chi connectivity index (χ0n) is 10.3. The van der Waals surface area contributed by atoms with E-state index in [1.165, 1.54) is 12.1 Å². The lowest BCUT2D eigenvalue weighted by Gasteiger charge is -2.21. The van der Waals surface area contributed by atoms with Crippen LogP contribution in [0.3, 0.4) is 0 Å². The van der Waals surface area contributed by atoms with Gasteiger partial charge in [-0.3, -0.25) is 4.79 Å². The fourth-order valence-corrected chi connectivity index (χ4v) is 2.06. The molecule has 1 aromatic rings. The first-order valence-corrected chi connectivity index (χ1v) is 6.15. The molecule has 1 fully saturated rings. The van der Waals surface area contributed by atoms with Crippen molar-refractivity contribution in [3.8, 4) is 0 Å². The molecular weight excluding hydrogens is 257 g/mol. The van der Waals surface area contributed by atoms with Crippen LogP contribution in [0.4, 0.5) is 18.9 Å². The quantitative estimate of drug-likeness (QED) is 0.869. The molecule has 2 rings (SSSR count). The summed E-state index contributed by atoms with van der Waals surface area (Å²) in [6.45, 7) is 1.52. The number of amides is 1. The Morgan fingerprint density at radius 1 is 1.26 bits per heavy atom. The lowest BCUT2D eigenvalue weighted by atomic mass is 9.99. The van der Waals surface area contributed by atoms with Gasteiger partial charge in [0.15, 0.2) is 0 Å². The number of carbonyl (C=O) groups is 1. The van der Waals surface area contributed by atoms with E-state index in [0.717, 1.165) is 31.5 Å². The molecule has 2 N–H and O–H groups in total. The summed E-state index contributed by atoms with van der Waals surface area (Å²) in [6.07, 6.45) is -2.61. The molecule has 1 amide bonds. The molecule has 1 aliphatic heterocycles. The van der Waals surface area contributed by atoms with Gasteiger partial charge in [-0.15, -0.1) is 0 Å². The number of benzene rings is 1. The van der Waals surface area contributed by atoms with Crippen LogP contribution in [0.25, 0.3) is 0 Å². The number of hydrogen-bond donors (Lipinski definition) is 2. The molecular formula is C13H15F3N2O. The van der Waals surface area contributed by atoms with Crippen molar-refractivity contribution in [2.24, 2.45) is 5.92 Å². The zero-order valence-corrected chi connectivity index (χ0v) is 10.3. The summed E-state index contributed by atoms with van der Waals surface area (Å²) in [5.41, 5.74) is -0.326. The maximum absolute atomic E-state index is 12.4. The second-order valence-corrected chi connectivity index (χ2v) is 4.61. The highest BCUT2D eigenvalue weighted by atomic mass is 19.4. The van der Waals surface area contributed by atoms with Gasteiger partial charge in [0, 0.05) is 12.2 Å². The van der Waals surface area contributed by atoms with Crippen LogP contribution in [0, 0.1) is 5.92 Å². The smallest absolute Gasteiger partial charge is 0.326 e. The van der Waals surface area contributed by atoms with Gasteiger partial charge >= 0.3 is 6.18 Å². The van der Waals surface area contributed by atoms with Crippen molar-refractivity contribution in [2.45, 2.75) is 19.0 Å². The number of nitrogens with one attached hydrogen (secondary N) is 2. The van der Waals surface area contributed by atoms with Gasteiger partial charge in [-0.1, -0.05) is 0 Å². The maximum Gasteiger partial charge on any atom is 0.416 e.